The third-order valence-corrected chi connectivity index (χ3v) is 3.99. The lowest BCUT2D eigenvalue weighted by atomic mass is 10.0. The normalized spacial score (nSPS) is 10.7. The van der Waals surface area contributed by atoms with Crippen molar-refractivity contribution >= 4 is 22.8 Å². The van der Waals surface area contributed by atoms with Crippen molar-refractivity contribution < 1.29 is 4.79 Å². The quantitative estimate of drug-likeness (QED) is 0.611. The topological polar surface area (TPSA) is 99.8 Å². The van der Waals surface area contributed by atoms with E-state index in [2.05, 4.69) is 25.6 Å². The monoisotopic (exact) mass is 351 g/mol. The number of aryl methyl sites for hydroxylation is 3. The van der Waals surface area contributed by atoms with Gasteiger partial charge in [-0.3, -0.25) is 19.6 Å². The summed E-state index contributed by atoms with van der Waals surface area (Å²) in [5.41, 5.74) is 3.72. The van der Waals surface area contributed by atoms with Crippen molar-refractivity contribution in [1.29, 1.82) is 0 Å². The van der Waals surface area contributed by atoms with Gasteiger partial charge in [-0.15, -0.1) is 0 Å². The molecule has 0 unspecified atom stereocenters. The van der Waals surface area contributed by atoms with Crippen LogP contribution in [0.1, 0.15) is 27.3 Å². The number of fused-ring (bicyclic) bond motifs is 1. The molecular weight excluding hydrogens is 330 g/mol. The van der Waals surface area contributed by atoms with E-state index in [0.717, 1.165) is 22.2 Å². The summed E-state index contributed by atoms with van der Waals surface area (Å²) in [5, 5.41) is 6.72. The van der Waals surface area contributed by atoms with Crippen LogP contribution in [0.4, 0.5) is 5.95 Å². The number of hydrogen-bond donors (Lipinski definition) is 3. The van der Waals surface area contributed by atoms with Gasteiger partial charge in [0.1, 0.15) is 0 Å². The Labute approximate surface area is 150 Å². The third kappa shape index (κ3) is 3.88. The number of pyridine rings is 1. The zero-order chi connectivity index (χ0) is 18.7. The van der Waals surface area contributed by atoms with Crippen LogP contribution in [0.2, 0.25) is 0 Å². The number of carbonyl (C=O) groups excluding carboxylic acids is 1. The number of benzene rings is 1. The van der Waals surface area contributed by atoms with Gasteiger partial charge in [0.2, 0.25) is 5.95 Å². The zero-order valence-electron chi connectivity index (χ0n) is 15.0. The van der Waals surface area contributed by atoms with E-state index < -0.39 is 0 Å². The van der Waals surface area contributed by atoms with Gasteiger partial charge < -0.3 is 10.6 Å². The molecule has 0 spiro atoms. The molecule has 1 amide bonds. The molecule has 26 heavy (non-hydrogen) atoms. The highest BCUT2D eigenvalue weighted by atomic mass is 16.1. The van der Waals surface area contributed by atoms with Crippen molar-refractivity contribution in [2.45, 2.75) is 20.8 Å². The smallest absolute Gasteiger partial charge is 0.252 e. The summed E-state index contributed by atoms with van der Waals surface area (Å²) >= 11 is 0. The standard InChI is InChI=1S/C19H21N5O2/c1-11-5-4-6-14-15(9-12(2)22-17(11)14)18(26)20-7-8-21-19-23-13(3)10-16(25)24-19/h4-6,9-10H,7-8H2,1-3H3,(H,20,26)(H2,21,23,24,25). The Hall–Kier alpha value is -3.22. The first kappa shape index (κ1) is 17.6. The second-order valence-corrected chi connectivity index (χ2v) is 6.20. The predicted octanol–water partition coefficient (Wildman–Crippen LogP) is 2.09. The molecule has 0 aliphatic rings. The largest absolute Gasteiger partial charge is 0.354 e. The molecule has 7 nitrogen and oxygen atoms in total. The lowest BCUT2D eigenvalue weighted by Gasteiger charge is -2.11. The van der Waals surface area contributed by atoms with E-state index in [-0.39, 0.29) is 11.5 Å². The number of amides is 1. The predicted molar refractivity (Wildman–Crippen MR) is 102 cm³/mol. The molecule has 1 aromatic carbocycles. The van der Waals surface area contributed by atoms with E-state index in [1.165, 1.54) is 6.07 Å². The van der Waals surface area contributed by atoms with Crippen molar-refractivity contribution in [3.8, 4) is 0 Å². The summed E-state index contributed by atoms with van der Waals surface area (Å²) in [6, 6.07) is 9.03. The summed E-state index contributed by atoms with van der Waals surface area (Å²) in [6.45, 7) is 6.45. The van der Waals surface area contributed by atoms with E-state index in [9.17, 15) is 9.59 Å². The maximum absolute atomic E-state index is 12.6. The van der Waals surface area contributed by atoms with Crippen LogP contribution in [0.15, 0.2) is 35.1 Å². The van der Waals surface area contributed by atoms with E-state index >= 15 is 0 Å². The Morgan fingerprint density at radius 2 is 1.85 bits per heavy atom. The molecule has 7 heteroatoms. The molecule has 3 N–H and O–H groups in total. The summed E-state index contributed by atoms with van der Waals surface area (Å²) in [7, 11) is 0. The van der Waals surface area contributed by atoms with Gasteiger partial charge in [0.15, 0.2) is 0 Å². The van der Waals surface area contributed by atoms with Gasteiger partial charge in [0, 0.05) is 35.9 Å². The molecule has 3 rings (SSSR count). The maximum Gasteiger partial charge on any atom is 0.252 e. The Balaban J connectivity index is 1.68. The van der Waals surface area contributed by atoms with Gasteiger partial charge in [0.05, 0.1) is 11.1 Å². The van der Waals surface area contributed by atoms with Crippen LogP contribution in [0.3, 0.4) is 0 Å². The Morgan fingerprint density at radius 1 is 1.08 bits per heavy atom. The van der Waals surface area contributed by atoms with Gasteiger partial charge in [0.25, 0.3) is 11.5 Å². The van der Waals surface area contributed by atoms with Gasteiger partial charge in [-0.1, -0.05) is 18.2 Å². The number of hydrogen-bond acceptors (Lipinski definition) is 5. The van der Waals surface area contributed by atoms with Gasteiger partial charge in [-0.05, 0) is 32.4 Å². The van der Waals surface area contributed by atoms with Crippen molar-refractivity contribution in [3.05, 3.63) is 63.2 Å². The second kappa shape index (κ2) is 7.35. The number of aromatic amines is 1. The van der Waals surface area contributed by atoms with Crippen LogP contribution in [0, 0.1) is 20.8 Å². The molecule has 2 heterocycles. The van der Waals surface area contributed by atoms with E-state index in [1.807, 2.05) is 32.0 Å². The first-order chi connectivity index (χ1) is 12.4. The van der Waals surface area contributed by atoms with Crippen molar-refractivity contribution in [2.24, 2.45) is 0 Å². The number of aromatic nitrogens is 3. The fraction of sp³-hybridized carbons (Fsp3) is 0.263. The average molecular weight is 351 g/mol. The van der Waals surface area contributed by atoms with Gasteiger partial charge in [-0.2, -0.15) is 0 Å². The Bertz CT molecular complexity index is 1030. The van der Waals surface area contributed by atoms with Crippen LogP contribution in [-0.4, -0.2) is 33.9 Å². The number of nitrogens with zero attached hydrogens (tertiary/aromatic N) is 2. The Kier molecular flexibility index (Phi) is 4.97. The maximum atomic E-state index is 12.6. The molecule has 0 saturated heterocycles. The highest BCUT2D eigenvalue weighted by Gasteiger charge is 2.12. The van der Waals surface area contributed by atoms with Crippen LogP contribution >= 0.6 is 0 Å². The molecule has 0 saturated carbocycles. The Morgan fingerprint density at radius 3 is 2.62 bits per heavy atom. The lowest BCUT2D eigenvalue weighted by molar-refractivity contribution is 0.0956. The van der Waals surface area contributed by atoms with Gasteiger partial charge in [-0.25, -0.2) is 4.98 Å². The highest BCUT2D eigenvalue weighted by molar-refractivity contribution is 6.06. The molecule has 0 bridgehead atoms. The highest BCUT2D eigenvalue weighted by Crippen LogP contribution is 2.21. The average Bonchev–Trinajstić information content (AvgIpc) is 2.58. The molecule has 3 aromatic rings. The zero-order valence-corrected chi connectivity index (χ0v) is 15.0. The van der Waals surface area contributed by atoms with E-state index in [4.69, 9.17) is 0 Å². The fourth-order valence-corrected chi connectivity index (χ4v) is 2.82. The van der Waals surface area contributed by atoms with Crippen LogP contribution in [0.5, 0.6) is 0 Å². The molecule has 134 valence electrons. The second-order valence-electron chi connectivity index (χ2n) is 6.20. The van der Waals surface area contributed by atoms with Crippen LogP contribution < -0.4 is 16.2 Å². The minimum atomic E-state index is -0.210. The molecule has 0 radical (unpaired) electrons. The lowest BCUT2D eigenvalue weighted by Crippen LogP contribution is -2.29. The van der Waals surface area contributed by atoms with Crippen molar-refractivity contribution in [2.75, 3.05) is 18.4 Å². The molecule has 0 aliphatic heterocycles. The first-order valence-corrected chi connectivity index (χ1v) is 8.41. The number of anilines is 1. The third-order valence-electron chi connectivity index (χ3n) is 3.99. The SMILES string of the molecule is Cc1cc(=O)[nH]c(NCCNC(=O)c2cc(C)nc3c(C)cccc23)n1. The van der Waals surface area contributed by atoms with E-state index in [1.54, 1.807) is 13.0 Å². The summed E-state index contributed by atoms with van der Waals surface area (Å²) in [4.78, 5) is 35.3. The van der Waals surface area contributed by atoms with Crippen LogP contribution in [0.25, 0.3) is 10.9 Å². The number of H-pyrrole nitrogens is 1. The summed E-state index contributed by atoms with van der Waals surface area (Å²) in [6.07, 6.45) is 0. The number of nitrogens with one attached hydrogen (secondary N) is 3. The minimum Gasteiger partial charge on any atom is -0.354 e. The van der Waals surface area contributed by atoms with Crippen molar-refractivity contribution in [1.82, 2.24) is 20.3 Å². The molecule has 0 fully saturated rings. The molecule has 2 aromatic heterocycles. The van der Waals surface area contributed by atoms with Crippen LogP contribution in [-0.2, 0) is 0 Å². The van der Waals surface area contributed by atoms with Gasteiger partial charge >= 0.3 is 0 Å². The number of carbonyl (C=O) groups is 1. The van der Waals surface area contributed by atoms with Crippen molar-refractivity contribution in [3.63, 3.8) is 0 Å². The molecule has 0 aliphatic carbocycles. The first-order valence-electron chi connectivity index (χ1n) is 8.41. The summed E-state index contributed by atoms with van der Waals surface area (Å²) < 4.78 is 0. The number of rotatable bonds is 5. The minimum absolute atomic E-state index is 0.154. The fourth-order valence-electron chi connectivity index (χ4n) is 2.82. The molecule has 0 atom stereocenters. The summed E-state index contributed by atoms with van der Waals surface area (Å²) in [5.74, 6) is 0.240. The van der Waals surface area contributed by atoms with E-state index in [0.29, 0.717) is 30.3 Å². The number of para-hydroxylation sites is 1. The molecular formula is C19H21N5O2.